The number of halogens is 1. The number of furan rings is 1. The summed E-state index contributed by atoms with van der Waals surface area (Å²) in [5, 5.41) is 0.889. The van der Waals surface area contributed by atoms with E-state index >= 15 is 0 Å². The van der Waals surface area contributed by atoms with Crippen molar-refractivity contribution in [1.82, 2.24) is 0 Å². The lowest BCUT2D eigenvalue weighted by atomic mass is 10.1. The molecule has 1 aromatic heterocycles. The van der Waals surface area contributed by atoms with Crippen molar-refractivity contribution >= 4 is 40.4 Å². The number of rotatable bonds is 5. The Morgan fingerprint density at radius 2 is 1.83 bits per heavy atom. The fraction of sp³-hybridized carbons (Fsp3) is 0.0526. The largest absolute Gasteiger partial charge is 0.453 e. The summed E-state index contributed by atoms with van der Waals surface area (Å²) in [6.45, 7) is 0. The van der Waals surface area contributed by atoms with Gasteiger partial charge >= 0.3 is 5.97 Å². The standard InChI is InChI=1S/C19H13ClO4/c20-12-19(22)23-15-8-5-13(6-9-15)7-10-16(21)18-11-14-3-1-2-4-17(14)24-18/h1-11H,12H2/b10-7+. The molecule has 0 aliphatic heterocycles. The summed E-state index contributed by atoms with van der Waals surface area (Å²) in [7, 11) is 0. The predicted octanol–water partition coefficient (Wildman–Crippen LogP) is 4.47. The fourth-order valence-electron chi connectivity index (χ4n) is 2.16. The second kappa shape index (κ2) is 7.15. The van der Waals surface area contributed by atoms with E-state index in [1.165, 1.54) is 6.08 Å². The van der Waals surface area contributed by atoms with E-state index in [0.717, 1.165) is 10.9 Å². The second-order valence-electron chi connectivity index (χ2n) is 5.02. The van der Waals surface area contributed by atoms with Crippen molar-refractivity contribution in [2.24, 2.45) is 0 Å². The van der Waals surface area contributed by atoms with Gasteiger partial charge in [0.1, 0.15) is 17.2 Å². The Balaban J connectivity index is 1.70. The number of carbonyl (C=O) groups excluding carboxylic acids is 2. The molecule has 2 aromatic carbocycles. The van der Waals surface area contributed by atoms with Crippen LogP contribution >= 0.6 is 11.6 Å². The first-order chi connectivity index (χ1) is 11.7. The average Bonchev–Trinajstić information content (AvgIpc) is 3.05. The molecule has 24 heavy (non-hydrogen) atoms. The molecule has 1 heterocycles. The molecule has 0 amide bonds. The number of benzene rings is 2. The van der Waals surface area contributed by atoms with Crippen LogP contribution in [-0.2, 0) is 4.79 Å². The zero-order valence-electron chi connectivity index (χ0n) is 12.6. The van der Waals surface area contributed by atoms with Gasteiger partial charge in [-0.3, -0.25) is 9.59 Å². The molecular weight excluding hydrogens is 328 g/mol. The van der Waals surface area contributed by atoms with Gasteiger partial charge in [0.2, 0.25) is 5.78 Å². The Morgan fingerprint density at radius 3 is 2.54 bits per heavy atom. The number of carbonyl (C=O) groups is 2. The van der Waals surface area contributed by atoms with Crippen molar-refractivity contribution in [3.8, 4) is 5.75 Å². The van der Waals surface area contributed by atoms with Gasteiger partial charge in [0.15, 0.2) is 5.76 Å². The summed E-state index contributed by atoms with van der Waals surface area (Å²) in [4.78, 5) is 23.3. The molecule has 0 bridgehead atoms. The first-order valence-corrected chi connectivity index (χ1v) is 7.77. The highest BCUT2D eigenvalue weighted by Crippen LogP contribution is 2.20. The van der Waals surface area contributed by atoms with Crippen LogP contribution in [0.15, 0.2) is 65.1 Å². The minimum Gasteiger partial charge on any atom is -0.453 e. The summed E-state index contributed by atoms with van der Waals surface area (Å²) in [5.41, 5.74) is 1.48. The van der Waals surface area contributed by atoms with E-state index in [2.05, 4.69) is 0 Å². The number of hydrogen-bond acceptors (Lipinski definition) is 4. The van der Waals surface area contributed by atoms with E-state index in [4.69, 9.17) is 20.8 Å². The molecule has 0 fully saturated rings. The lowest BCUT2D eigenvalue weighted by Crippen LogP contribution is -2.08. The molecule has 0 aliphatic carbocycles. The molecule has 0 aliphatic rings. The molecule has 0 N–H and O–H groups in total. The number of para-hydroxylation sites is 1. The molecule has 0 atom stereocenters. The number of alkyl halides is 1. The van der Waals surface area contributed by atoms with Crippen molar-refractivity contribution in [3.63, 3.8) is 0 Å². The van der Waals surface area contributed by atoms with Crippen molar-refractivity contribution in [2.45, 2.75) is 0 Å². The van der Waals surface area contributed by atoms with Crippen molar-refractivity contribution < 1.29 is 18.7 Å². The van der Waals surface area contributed by atoms with E-state index in [1.807, 2.05) is 24.3 Å². The maximum atomic E-state index is 12.2. The van der Waals surface area contributed by atoms with Crippen LogP contribution in [0.25, 0.3) is 17.0 Å². The minimum absolute atomic E-state index is 0.201. The Kier molecular flexibility index (Phi) is 4.77. The van der Waals surface area contributed by atoms with Gasteiger partial charge in [-0.1, -0.05) is 36.4 Å². The lowest BCUT2D eigenvalue weighted by Gasteiger charge is -2.01. The van der Waals surface area contributed by atoms with Crippen molar-refractivity contribution in [2.75, 3.05) is 5.88 Å². The molecule has 0 radical (unpaired) electrons. The molecule has 0 unspecified atom stereocenters. The molecule has 0 saturated heterocycles. The van der Waals surface area contributed by atoms with Gasteiger partial charge in [-0.05, 0) is 35.9 Å². The molecule has 3 rings (SSSR count). The monoisotopic (exact) mass is 340 g/mol. The van der Waals surface area contributed by atoms with Crippen molar-refractivity contribution in [3.05, 3.63) is 72.0 Å². The molecule has 120 valence electrons. The molecule has 4 nitrogen and oxygen atoms in total. The molecular formula is C19H13ClO4. The highest BCUT2D eigenvalue weighted by molar-refractivity contribution is 6.26. The predicted molar refractivity (Wildman–Crippen MR) is 92.4 cm³/mol. The average molecular weight is 341 g/mol. The zero-order valence-corrected chi connectivity index (χ0v) is 13.3. The van der Waals surface area contributed by atoms with Gasteiger partial charge in [-0.2, -0.15) is 0 Å². The maximum absolute atomic E-state index is 12.2. The van der Waals surface area contributed by atoms with Crippen LogP contribution in [0.5, 0.6) is 5.75 Å². The lowest BCUT2D eigenvalue weighted by molar-refractivity contribution is -0.131. The SMILES string of the molecule is O=C(CCl)Oc1ccc(/C=C/C(=O)c2cc3ccccc3o2)cc1. The van der Waals surface area contributed by atoms with Gasteiger partial charge < -0.3 is 9.15 Å². The number of hydrogen-bond donors (Lipinski definition) is 0. The maximum Gasteiger partial charge on any atom is 0.326 e. The zero-order chi connectivity index (χ0) is 16.9. The van der Waals surface area contributed by atoms with Crippen LogP contribution < -0.4 is 4.74 Å². The van der Waals surface area contributed by atoms with Gasteiger partial charge in [0.05, 0.1) is 0 Å². The van der Waals surface area contributed by atoms with Crippen LogP contribution in [0.4, 0.5) is 0 Å². The highest BCUT2D eigenvalue weighted by atomic mass is 35.5. The van der Waals surface area contributed by atoms with Crippen molar-refractivity contribution in [1.29, 1.82) is 0 Å². The third-order valence-electron chi connectivity index (χ3n) is 3.32. The Morgan fingerprint density at radius 1 is 1.08 bits per heavy atom. The Labute approximate surface area is 143 Å². The minimum atomic E-state index is -0.514. The van der Waals surface area contributed by atoms with Crippen LogP contribution in [0.2, 0.25) is 0 Å². The third kappa shape index (κ3) is 3.73. The first-order valence-electron chi connectivity index (χ1n) is 7.23. The topological polar surface area (TPSA) is 56.5 Å². The molecule has 5 heteroatoms. The van der Waals surface area contributed by atoms with Gasteiger partial charge in [-0.25, -0.2) is 0 Å². The van der Waals surface area contributed by atoms with Crippen LogP contribution in [0.1, 0.15) is 16.1 Å². The molecule has 0 spiro atoms. The highest BCUT2D eigenvalue weighted by Gasteiger charge is 2.09. The normalized spacial score (nSPS) is 11.0. The Hall–Kier alpha value is -2.85. The molecule has 3 aromatic rings. The second-order valence-corrected chi connectivity index (χ2v) is 5.29. The number of allylic oxidation sites excluding steroid dienone is 1. The van der Waals surface area contributed by atoms with Gasteiger partial charge in [-0.15, -0.1) is 11.6 Å². The molecule has 0 saturated carbocycles. The number of ether oxygens (including phenoxy) is 1. The smallest absolute Gasteiger partial charge is 0.326 e. The van der Waals surface area contributed by atoms with E-state index in [0.29, 0.717) is 17.1 Å². The van der Waals surface area contributed by atoms with Crippen LogP contribution in [0, 0.1) is 0 Å². The summed E-state index contributed by atoms with van der Waals surface area (Å²) in [6, 6.07) is 15.9. The van der Waals surface area contributed by atoms with E-state index in [1.54, 1.807) is 36.4 Å². The van der Waals surface area contributed by atoms with Gasteiger partial charge in [0.25, 0.3) is 0 Å². The third-order valence-corrected chi connectivity index (χ3v) is 3.53. The van der Waals surface area contributed by atoms with Crippen LogP contribution in [-0.4, -0.2) is 17.6 Å². The number of esters is 1. The quantitative estimate of drug-likeness (QED) is 0.226. The van der Waals surface area contributed by atoms with E-state index < -0.39 is 5.97 Å². The summed E-state index contributed by atoms with van der Waals surface area (Å²) in [6.07, 6.45) is 3.11. The van der Waals surface area contributed by atoms with E-state index in [9.17, 15) is 9.59 Å². The number of ketones is 1. The van der Waals surface area contributed by atoms with Crippen LogP contribution in [0.3, 0.4) is 0 Å². The summed E-state index contributed by atoms with van der Waals surface area (Å²) < 4.78 is 10.5. The van der Waals surface area contributed by atoms with E-state index in [-0.39, 0.29) is 11.7 Å². The summed E-state index contributed by atoms with van der Waals surface area (Å²) in [5.74, 6) is -0.237. The summed E-state index contributed by atoms with van der Waals surface area (Å²) >= 11 is 5.37. The number of fused-ring (bicyclic) bond motifs is 1. The first kappa shape index (κ1) is 16.0. The van der Waals surface area contributed by atoms with Gasteiger partial charge in [0, 0.05) is 5.39 Å². The Bertz CT molecular complexity index is 874. The fourth-order valence-corrected chi connectivity index (χ4v) is 2.22.